The highest BCUT2D eigenvalue weighted by Crippen LogP contribution is 2.40. The first kappa shape index (κ1) is 24.8. The van der Waals surface area contributed by atoms with Crippen LogP contribution < -0.4 is 0 Å². The monoisotopic (exact) mass is 535 g/mol. The molecule has 1 aliphatic rings. The molecule has 0 spiro atoms. The molecular formula is C23H16Cl2FN3O5S. The number of ketones is 1. The molecule has 1 heterocycles. The van der Waals surface area contributed by atoms with Crippen LogP contribution in [0.2, 0.25) is 0 Å². The van der Waals surface area contributed by atoms with Crippen molar-refractivity contribution in [2.75, 3.05) is 0 Å². The molecule has 35 heavy (non-hydrogen) atoms. The number of Topliss-reactive ketones (excluding diaryl/α,β-unsaturated/α-hetero) is 1. The van der Waals surface area contributed by atoms with Crippen LogP contribution >= 0.6 is 23.2 Å². The maximum atomic E-state index is 13.9. The maximum Gasteiger partial charge on any atom is 0.289 e. The van der Waals surface area contributed by atoms with Gasteiger partial charge in [-0.25, -0.2) is 17.1 Å². The lowest BCUT2D eigenvalue weighted by Crippen LogP contribution is -2.48. The van der Waals surface area contributed by atoms with Crippen LogP contribution in [-0.4, -0.2) is 40.1 Å². The van der Waals surface area contributed by atoms with Crippen molar-refractivity contribution < 1.29 is 22.5 Å². The Balaban J connectivity index is 1.95. The number of amidine groups is 1. The van der Waals surface area contributed by atoms with E-state index in [-0.39, 0.29) is 11.4 Å². The fourth-order valence-corrected chi connectivity index (χ4v) is 6.06. The van der Waals surface area contributed by atoms with E-state index >= 15 is 0 Å². The largest absolute Gasteiger partial charge is 0.292 e. The van der Waals surface area contributed by atoms with Crippen molar-refractivity contribution >= 4 is 50.5 Å². The van der Waals surface area contributed by atoms with Gasteiger partial charge in [-0.15, -0.1) is 0 Å². The molecule has 3 aromatic carbocycles. The van der Waals surface area contributed by atoms with Crippen molar-refractivity contribution in [3.05, 3.63) is 106 Å². The highest BCUT2D eigenvalue weighted by molar-refractivity contribution is 7.90. The molecule has 0 saturated carbocycles. The molecule has 0 N–H and O–H groups in total. The van der Waals surface area contributed by atoms with Crippen LogP contribution in [0.3, 0.4) is 0 Å². The Morgan fingerprint density at radius 3 is 2.20 bits per heavy atom. The van der Waals surface area contributed by atoms with Crippen LogP contribution in [0.15, 0.2) is 88.8 Å². The average molecular weight is 536 g/mol. The first-order chi connectivity index (χ1) is 16.6. The van der Waals surface area contributed by atoms with Crippen LogP contribution in [0, 0.1) is 15.9 Å². The summed E-state index contributed by atoms with van der Waals surface area (Å²) >= 11 is 12.2. The van der Waals surface area contributed by atoms with Crippen molar-refractivity contribution in [2.45, 2.75) is 21.8 Å². The molecule has 0 aromatic heterocycles. The number of hydrogen-bond acceptors (Lipinski definition) is 6. The second-order valence-corrected chi connectivity index (χ2v) is 10.4. The molecule has 0 aliphatic carbocycles. The zero-order chi connectivity index (χ0) is 25.3. The fourth-order valence-electron chi connectivity index (χ4n) is 3.84. The minimum absolute atomic E-state index is 0.0113. The Morgan fingerprint density at radius 2 is 1.60 bits per heavy atom. The molecular weight excluding hydrogens is 520 g/mol. The van der Waals surface area contributed by atoms with E-state index in [0.29, 0.717) is 9.87 Å². The van der Waals surface area contributed by atoms with Gasteiger partial charge in [0.2, 0.25) is 0 Å². The third kappa shape index (κ3) is 4.64. The summed E-state index contributed by atoms with van der Waals surface area (Å²) in [6.07, 6.45) is 0. The zero-order valence-corrected chi connectivity index (χ0v) is 20.0. The second kappa shape index (κ2) is 9.73. The zero-order valence-electron chi connectivity index (χ0n) is 17.7. The number of halogens is 3. The number of alkyl halides is 2. The minimum Gasteiger partial charge on any atom is -0.292 e. The molecule has 4 rings (SSSR count). The minimum atomic E-state index is -4.76. The number of rotatable bonds is 7. The highest BCUT2D eigenvalue weighted by Gasteiger charge is 2.50. The van der Waals surface area contributed by atoms with Gasteiger partial charge in [-0.1, -0.05) is 65.7 Å². The first-order valence-electron chi connectivity index (χ1n) is 10.1. The third-order valence-electron chi connectivity index (χ3n) is 5.38. The summed E-state index contributed by atoms with van der Waals surface area (Å²) in [6, 6.07) is 15.1. The van der Waals surface area contributed by atoms with Crippen LogP contribution in [0.5, 0.6) is 0 Å². The molecule has 8 nitrogen and oxygen atoms in total. The topological polar surface area (TPSA) is 110 Å². The summed E-state index contributed by atoms with van der Waals surface area (Å²) in [6.45, 7) is 0. The summed E-state index contributed by atoms with van der Waals surface area (Å²) in [5.74, 6) is -1.66. The molecule has 0 fully saturated rings. The lowest BCUT2D eigenvalue weighted by molar-refractivity contribution is -0.387. The smallest absolute Gasteiger partial charge is 0.289 e. The summed E-state index contributed by atoms with van der Waals surface area (Å²) in [7, 11) is -4.76. The number of nitrogens with zero attached hydrogens (tertiary/aromatic N) is 3. The third-order valence-corrected chi connectivity index (χ3v) is 7.60. The molecule has 0 unspecified atom stereocenters. The van der Waals surface area contributed by atoms with Gasteiger partial charge in [0, 0.05) is 11.6 Å². The SMILES string of the molecule is O=C(c1ccc(F)cc1)[C@H]1[C@H](c2ccccc2)N=C(C(Cl)Cl)N1S(=O)(=O)c1ccccc1[N+](=O)[O-]. The quantitative estimate of drug-likeness (QED) is 0.184. The highest BCUT2D eigenvalue weighted by atomic mass is 35.5. The van der Waals surface area contributed by atoms with E-state index < -0.39 is 54.0 Å². The van der Waals surface area contributed by atoms with E-state index in [0.717, 1.165) is 24.3 Å². The number of nitro groups is 1. The van der Waals surface area contributed by atoms with E-state index in [1.807, 2.05) is 0 Å². The van der Waals surface area contributed by atoms with Crippen molar-refractivity contribution in [2.24, 2.45) is 4.99 Å². The van der Waals surface area contributed by atoms with Gasteiger partial charge in [0.15, 0.2) is 15.5 Å². The summed E-state index contributed by atoms with van der Waals surface area (Å²) in [5.41, 5.74) is -0.194. The molecule has 1 aliphatic heterocycles. The van der Waals surface area contributed by atoms with E-state index in [1.54, 1.807) is 30.3 Å². The van der Waals surface area contributed by atoms with Gasteiger partial charge >= 0.3 is 0 Å². The number of para-hydroxylation sites is 1. The van der Waals surface area contributed by atoms with Crippen LogP contribution in [0.1, 0.15) is 22.0 Å². The van der Waals surface area contributed by atoms with Gasteiger partial charge in [-0.3, -0.25) is 19.9 Å². The van der Waals surface area contributed by atoms with Crippen LogP contribution in [0.25, 0.3) is 0 Å². The van der Waals surface area contributed by atoms with Crippen molar-refractivity contribution in [1.29, 1.82) is 0 Å². The Labute approximate surface area is 209 Å². The van der Waals surface area contributed by atoms with E-state index in [4.69, 9.17) is 23.2 Å². The lowest BCUT2D eigenvalue weighted by atomic mass is 9.94. The first-order valence-corrected chi connectivity index (χ1v) is 12.4. The van der Waals surface area contributed by atoms with Gasteiger partial charge in [-0.05, 0) is 35.9 Å². The van der Waals surface area contributed by atoms with E-state index in [2.05, 4.69) is 4.99 Å². The van der Waals surface area contributed by atoms with E-state index in [1.165, 1.54) is 24.3 Å². The van der Waals surface area contributed by atoms with Crippen LogP contribution in [0.4, 0.5) is 10.1 Å². The maximum absolute atomic E-state index is 13.9. The number of hydrogen-bond donors (Lipinski definition) is 0. The van der Waals surface area contributed by atoms with Gasteiger partial charge in [-0.2, -0.15) is 0 Å². The van der Waals surface area contributed by atoms with Gasteiger partial charge in [0.1, 0.15) is 23.7 Å². The number of sulfonamides is 1. The molecule has 0 saturated heterocycles. The predicted molar refractivity (Wildman–Crippen MR) is 129 cm³/mol. The Kier molecular flexibility index (Phi) is 6.88. The number of benzene rings is 3. The Morgan fingerprint density at radius 1 is 1.00 bits per heavy atom. The van der Waals surface area contributed by atoms with Crippen LogP contribution in [-0.2, 0) is 10.0 Å². The summed E-state index contributed by atoms with van der Waals surface area (Å²) < 4.78 is 41.9. The molecule has 0 radical (unpaired) electrons. The predicted octanol–water partition coefficient (Wildman–Crippen LogP) is 4.93. The number of carbonyl (C=O) groups is 1. The van der Waals surface area contributed by atoms with Gasteiger partial charge in [0.05, 0.1) is 4.92 Å². The number of nitro benzene ring substituents is 1. The van der Waals surface area contributed by atoms with Crippen molar-refractivity contribution in [3.63, 3.8) is 0 Å². The Hall–Kier alpha value is -3.34. The average Bonchev–Trinajstić information content (AvgIpc) is 3.26. The molecule has 180 valence electrons. The molecule has 0 bridgehead atoms. The number of aliphatic imine (C=N–C) groups is 1. The molecule has 12 heteroatoms. The Bertz CT molecular complexity index is 1420. The summed E-state index contributed by atoms with van der Waals surface area (Å²) in [5, 5.41) is 11.6. The van der Waals surface area contributed by atoms with Gasteiger partial charge < -0.3 is 0 Å². The fraction of sp³-hybridized carbons (Fsp3) is 0.130. The lowest BCUT2D eigenvalue weighted by Gasteiger charge is -2.29. The van der Waals surface area contributed by atoms with Crippen molar-refractivity contribution in [3.8, 4) is 0 Å². The van der Waals surface area contributed by atoms with Crippen molar-refractivity contribution in [1.82, 2.24) is 4.31 Å². The normalized spacial score (nSPS) is 17.9. The molecule has 0 amide bonds. The van der Waals surface area contributed by atoms with Gasteiger partial charge in [0.25, 0.3) is 15.7 Å². The second-order valence-electron chi connectivity index (χ2n) is 7.49. The molecule has 3 aromatic rings. The molecule has 2 atom stereocenters. The standard InChI is InChI=1S/C23H16Cl2FN3O5S/c24-22(25)23-27-19(14-6-2-1-3-7-14)20(21(30)15-10-12-16(26)13-11-15)28(23)35(33,34)18-9-5-4-8-17(18)29(31)32/h1-13,19-20,22H/t19-,20+/m0/s1. The van der Waals surface area contributed by atoms with E-state index in [9.17, 15) is 27.7 Å². The summed E-state index contributed by atoms with van der Waals surface area (Å²) in [4.78, 5) is 26.7. The number of carbonyl (C=O) groups excluding carboxylic acids is 1.